The number of ether oxygens (including phenoxy) is 1. The Morgan fingerprint density at radius 3 is 2.86 bits per heavy atom. The third-order valence-electron chi connectivity index (χ3n) is 1.67. The van der Waals surface area contributed by atoms with Crippen LogP contribution in [0.2, 0.25) is 0 Å². The zero-order valence-electron chi connectivity index (χ0n) is 7.92. The number of benzene rings is 1. The van der Waals surface area contributed by atoms with E-state index in [-0.39, 0.29) is 17.9 Å². The lowest BCUT2D eigenvalue weighted by atomic mass is 10.3. The van der Waals surface area contributed by atoms with Crippen LogP contribution >= 0.6 is 0 Å². The van der Waals surface area contributed by atoms with Gasteiger partial charge >= 0.3 is 5.97 Å². The van der Waals surface area contributed by atoms with Gasteiger partial charge in [0.2, 0.25) is 0 Å². The topological polar surface area (TPSA) is 52.3 Å². The molecule has 0 radical (unpaired) electrons. The van der Waals surface area contributed by atoms with Crippen molar-refractivity contribution in [3.8, 4) is 5.75 Å². The molecule has 0 heterocycles. The van der Waals surface area contributed by atoms with Crippen LogP contribution in [0, 0.1) is 5.82 Å². The molecule has 0 atom stereocenters. The van der Waals surface area contributed by atoms with Gasteiger partial charge in [-0.1, -0.05) is 13.0 Å². The lowest BCUT2D eigenvalue weighted by molar-refractivity contribution is -0.134. The summed E-state index contributed by atoms with van der Waals surface area (Å²) >= 11 is 0. The van der Waals surface area contributed by atoms with Crippen LogP contribution in [0.15, 0.2) is 18.2 Å². The van der Waals surface area contributed by atoms with Crippen LogP contribution in [0.4, 0.5) is 10.1 Å². The summed E-state index contributed by atoms with van der Waals surface area (Å²) in [6.07, 6.45) is 0.918. The number of nitrogen functional groups attached to an aromatic ring is 1. The standard InChI is InChI=1S/C10H12FNO2/c1-2-4-9(13)14-10-7(11)5-3-6-8(10)12/h3,5-6H,2,4,12H2,1H3. The number of nitrogens with two attached hydrogens (primary N) is 1. The van der Waals surface area contributed by atoms with Crippen LogP contribution in [-0.2, 0) is 4.79 Å². The van der Waals surface area contributed by atoms with Crippen molar-refractivity contribution in [2.45, 2.75) is 19.8 Å². The second-order valence-electron chi connectivity index (χ2n) is 2.88. The Labute approximate surface area is 81.7 Å². The van der Waals surface area contributed by atoms with Crippen molar-refractivity contribution in [3.05, 3.63) is 24.0 Å². The highest BCUT2D eigenvalue weighted by molar-refractivity contribution is 5.74. The fourth-order valence-corrected chi connectivity index (χ4v) is 1.00. The predicted octanol–water partition coefficient (Wildman–Crippen LogP) is 2.11. The molecular weight excluding hydrogens is 185 g/mol. The van der Waals surface area contributed by atoms with Gasteiger partial charge in [-0.15, -0.1) is 0 Å². The van der Waals surface area contributed by atoms with Crippen LogP contribution in [0.3, 0.4) is 0 Å². The van der Waals surface area contributed by atoms with E-state index in [4.69, 9.17) is 10.5 Å². The molecule has 1 rings (SSSR count). The SMILES string of the molecule is CCCC(=O)Oc1c(N)cccc1F. The first-order valence-corrected chi connectivity index (χ1v) is 4.39. The summed E-state index contributed by atoms with van der Waals surface area (Å²) in [6, 6.07) is 4.14. The van der Waals surface area contributed by atoms with Gasteiger partial charge in [-0.3, -0.25) is 4.79 Å². The maximum absolute atomic E-state index is 13.1. The second kappa shape index (κ2) is 4.60. The van der Waals surface area contributed by atoms with Gasteiger partial charge in [0, 0.05) is 6.42 Å². The average Bonchev–Trinajstić information content (AvgIpc) is 2.12. The highest BCUT2D eigenvalue weighted by Gasteiger charge is 2.11. The Hall–Kier alpha value is -1.58. The van der Waals surface area contributed by atoms with Gasteiger partial charge in [0.1, 0.15) is 0 Å². The smallest absolute Gasteiger partial charge is 0.311 e. The molecule has 0 bridgehead atoms. The number of halogens is 1. The molecule has 0 amide bonds. The lowest BCUT2D eigenvalue weighted by Crippen LogP contribution is -2.09. The molecule has 3 nitrogen and oxygen atoms in total. The molecule has 0 saturated carbocycles. The first-order chi connectivity index (χ1) is 6.65. The van der Waals surface area contributed by atoms with Gasteiger partial charge in [0.15, 0.2) is 11.6 Å². The van der Waals surface area contributed by atoms with E-state index < -0.39 is 11.8 Å². The molecule has 2 N–H and O–H groups in total. The first-order valence-electron chi connectivity index (χ1n) is 4.39. The van der Waals surface area contributed by atoms with Crippen molar-refractivity contribution < 1.29 is 13.9 Å². The molecule has 14 heavy (non-hydrogen) atoms. The normalized spacial score (nSPS) is 9.86. The summed E-state index contributed by atoms with van der Waals surface area (Å²) in [5, 5.41) is 0. The molecule has 4 heteroatoms. The highest BCUT2D eigenvalue weighted by Crippen LogP contribution is 2.24. The van der Waals surface area contributed by atoms with Gasteiger partial charge in [0.05, 0.1) is 5.69 Å². The predicted molar refractivity (Wildman–Crippen MR) is 51.4 cm³/mol. The summed E-state index contributed by atoms with van der Waals surface area (Å²) in [4.78, 5) is 11.1. The molecule has 1 aromatic rings. The van der Waals surface area contributed by atoms with E-state index in [0.717, 1.165) is 0 Å². The highest BCUT2D eigenvalue weighted by atomic mass is 19.1. The number of hydrogen-bond donors (Lipinski definition) is 1. The lowest BCUT2D eigenvalue weighted by Gasteiger charge is -2.06. The molecule has 0 aliphatic heterocycles. The molecule has 1 aromatic carbocycles. The molecular formula is C10H12FNO2. The minimum absolute atomic E-state index is 0.134. The maximum Gasteiger partial charge on any atom is 0.311 e. The van der Waals surface area contributed by atoms with Crippen LogP contribution in [0.1, 0.15) is 19.8 Å². The minimum Gasteiger partial charge on any atom is -0.421 e. The number of carbonyl (C=O) groups is 1. The summed E-state index contributed by atoms with van der Waals surface area (Å²) in [6.45, 7) is 1.84. The minimum atomic E-state index is -0.616. The number of para-hydroxylation sites is 1. The zero-order valence-corrected chi connectivity index (χ0v) is 7.92. The number of hydrogen-bond acceptors (Lipinski definition) is 3. The summed E-state index contributed by atoms with van der Waals surface area (Å²) < 4.78 is 17.9. The second-order valence-corrected chi connectivity index (χ2v) is 2.88. The Balaban J connectivity index is 2.80. The van der Waals surface area contributed by atoms with Crippen molar-refractivity contribution in [1.82, 2.24) is 0 Å². The molecule has 76 valence electrons. The van der Waals surface area contributed by atoms with Crippen LogP contribution in [-0.4, -0.2) is 5.97 Å². The number of carbonyl (C=O) groups excluding carboxylic acids is 1. The van der Waals surface area contributed by atoms with E-state index in [2.05, 4.69) is 0 Å². The number of anilines is 1. The zero-order chi connectivity index (χ0) is 10.6. The van der Waals surface area contributed by atoms with E-state index in [1.807, 2.05) is 6.92 Å². The summed E-state index contributed by atoms with van der Waals surface area (Å²) in [5.41, 5.74) is 5.58. The van der Waals surface area contributed by atoms with Crippen molar-refractivity contribution in [3.63, 3.8) is 0 Å². The van der Waals surface area contributed by atoms with E-state index in [0.29, 0.717) is 6.42 Å². The molecule has 0 saturated heterocycles. The van der Waals surface area contributed by atoms with Gasteiger partial charge in [-0.05, 0) is 18.6 Å². The fourth-order valence-electron chi connectivity index (χ4n) is 1.00. The Morgan fingerprint density at radius 1 is 1.57 bits per heavy atom. The molecule has 0 unspecified atom stereocenters. The van der Waals surface area contributed by atoms with Crippen molar-refractivity contribution in [2.75, 3.05) is 5.73 Å². The van der Waals surface area contributed by atoms with Crippen molar-refractivity contribution >= 4 is 11.7 Å². The van der Waals surface area contributed by atoms with Crippen molar-refractivity contribution in [2.24, 2.45) is 0 Å². The van der Waals surface area contributed by atoms with Gasteiger partial charge in [-0.2, -0.15) is 0 Å². The molecule has 0 fully saturated rings. The quantitative estimate of drug-likeness (QED) is 0.458. The third-order valence-corrected chi connectivity index (χ3v) is 1.67. The van der Waals surface area contributed by atoms with Crippen LogP contribution in [0.25, 0.3) is 0 Å². The van der Waals surface area contributed by atoms with Crippen molar-refractivity contribution in [1.29, 1.82) is 0 Å². The van der Waals surface area contributed by atoms with E-state index in [9.17, 15) is 9.18 Å². The average molecular weight is 197 g/mol. The molecule has 0 aromatic heterocycles. The number of rotatable bonds is 3. The van der Waals surface area contributed by atoms with E-state index in [1.54, 1.807) is 0 Å². The van der Waals surface area contributed by atoms with E-state index in [1.165, 1.54) is 18.2 Å². The third kappa shape index (κ3) is 2.45. The molecule has 0 spiro atoms. The van der Waals surface area contributed by atoms with Gasteiger partial charge in [-0.25, -0.2) is 4.39 Å². The number of esters is 1. The molecule has 0 aliphatic rings. The fraction of sp³-hybridized carbons (Fsp3) is 0.300. The Kier molecular flexibility index (Phi) is 3.45. The monoisotopic (exact) mass is 197 g/mol. The van der Waals surface area contributed by atoms with E-state index >= 15 is 0 Å². The van der Waals surface area contributed by atoms with Gasteiger partial charge in [0.25, 0.3) is 0 Å². The first kappa shape index (κ1) is 10.5. The van der Waals surface area contributed by atoms with Crippen LogP contribution < -0.4 is 10.5 Å². The largest absolute Gasteiger partial charge is 0.421 e. The summed E-state index contributed by atoms with van der Waals surface area (Å²) in [7, 11) is 0. The Morgan fingerprint density at radius 2 is 2.29 bits per heavy atom. The Bertz CT molecular complexity index is 319. The molecule has 0 aliphatic carbocycles. The van der Waals surface area contributed by atoms with Gasteiger partial charge < -0.3 is 10.5 Å². The summed E-state index contributed by atoms with van der Waals surface area (Å²) in [5.74, 6) is -1.26. The maximum atomic E-state index is 13.1. The van der Waals surface area contributed by atoms with Crippen LogP contribution in [0.5, 0.6) is 5.75 Å².